The van der Waals surface area contributed by atoms with Crippen LogP contribution in [0.1, 0.15) is 48.8 Å². The van der Waals surface area contributed by atoms with Gasteiger partial charge in [0, 0.05) is 12.7 Å². The van der Waals surface area contributed by atoms with E-state index in [9.17, 15) is 4.79 Å². The Bertz CT molecular complexity index is 720. The lowest BCUT2D eigenvalue weighted by Crippen LogP contribution is -2.28. The molecule has 0 spiro atoms. The summed E-state index contributed by atoms with van der Waals surface area (Å²) in [4.78, 5) is 19.8. The summed E-state index contributed by atoms with van der Waals surface area (Å²) in [6.45, 7) is 6.32. The number of amides is 1. The van der Waals surface area contributed by atoms with Crippen LogP contribution in [0.3, 0.4) is 0 Å². The maximum absolute atomic E-state index is 12.7. The Kier molecular flexibility index (Phi) is 5.91. The minimum atomic E-state index is -0.0567. The summed E-state index contributed by atoms with van der Waals surface area (Å²) in [5, 5.41) is 3.06. The molecule has 3 rings (SSSR count). The maximum Gasteiger partial charge on any atom is 0.270 e. The number of fused-ring (bicyclic) bond motifs is 1. The molecule has 0 saturated carbocycles. The number of aromatic nitrogens is 2. The Hall–Kier alpha value is -2.08. The first kappa shape index (κ1) is 17.7. The number of carbonyl (C=O) groups is 1. The van der Waals surface area contributed by atoms with Crippen LogP contribution in [0.25, 0.3) is 5.65 Å². The van der Waals surface area contributed by atoms with E-state index < -0.39 is 0 Å². The quantitative estimate of drug-likeness (QED) is 0.748. The molecular weight excluding hydrogens is 316 g/mol. The molecule has 1 amide bonds. The van der Waals surface area contributed by atoms with Gasteiger partial charge in [0.25, 0.3) is 5.91 Å². The van der Waals surface area contributed by atoms with Gasteiger partial charge in [0.1, 0.15) is 5.69 Å². The van der Waals surface area contributed by atoms with Crippen LogP contribution in [-0.2, 0) is 6.42 Å². The molecular formula is C19H28N4O2. The number of ether oxygens (including phenoxy) is 1. The summed E-state index contributed by atoms with van der Waals surface area (Å²) in [5.74, 6) is 0.626. The van der Waals surface area contributed by atoms with Crippen molar-refractivity contribution in [1.82, 2.24) is 19.6 Å². The van der Waals surface area contributed by atoms with Crippen LogP contribution in [0, 0.1) is 0 Å². The first-order valence-electron chi connectivity index (χ1n) is 9.29. The third-order valence-corrected chi connectivity index (χ3v) is 4.84. The van der Waals surface area contributed by atoms with Gasteiger partial charge in [0.15, 0.2) is 11.4 Å². The standard InChI is InChI=1S/C19H28N4O2/c1-3-15-17(23-14-8-9-16(25-2)18(23)21-15)19(24)20-10-4-5-11-22-12-6-7-13-22/h8-9,14H,3-7,10-13H2,1-2H3,(H,20,24). The molecule has 0 atom stereocenters. The van der Waals surface area contributed by atoms with E-state index in [1.807, 2.05) is 29.7 Å². The molecule has 6 heteroatoms. The van der Waals surface area contributed by atoms with Crippen molar-refractivity contribution in [2.75, 3.05) is 33.3 Å². The lowest BCUT2D eigenvalue weighted by atomic mass is 10.2. The SMILES string of the molecule is CCc1nc2c(OC)cccn2c1C(=O)NCCCCN1CCCC1. The van der Waals surface area contributed by atoms with E-state index in [1.54, 1.807) is 7.11 Å². The number of nitrogens with zero attached hydrogens (tertiary/aromatic N) is 3. The highest BCUT2D eigenvalue weighted by molar-refractivity contribution is 5.95. The molecule has 1 N–H and O–H groups in total. The first-order valence-corrected chi connectivity index (χ1v) is 9.29. The molecule has 2 aromatic heterocycles. The van der Waals surface area contributed by atoms with Gasteiger partial charge in [-0.2, -0.15) is 0 Å². The smallest absolute Gasteiger partial charge is 0.270 e. The summed E-state index contributed by atoms with van der Waals surface area (Å²) in [6.07, 6.45) is 7.36. The van der Waals surface area contributed by atoms with Gasteiger partial charge in [-0.3, -0.25) is 9.20 Å². The van der Waals surface area contributed by atoms with Crippen LogP contribution in [0.2, 0.25) is 0 Å². The third-order valence-electron chi connectivity index (χ3n) is 4.84. The molecule has 1 aliphatic heterocycles. The van der Waals surface area contributed by atoms with E-state index in [1.165, 1.54) is 25.9 Å². The van der Waals surface area contributed by atoms with E-state index in [4.69, 9.17) is 4.74 Å². The summed E-state index contributed by atoms with van der Waals surface area (Å²) in [7, 11) is 1.62. The van der Waals surface area contributed by atoms with Crippen molar-refractivity contribution in [3.8, 4) is 5.75 Å². The van der Waals surface area contributed by atoms with Gasteiger partial charge in [0.2, 0.25) is 0 Å². The Labute approximate surface area is 149 Å². The predicted molar refractivity (Wildman–Crippen MR) is 98.4 cm³/mol. The number of hydrogen-bond acceptors (Lipinski definition) is 4. The van der Waals surface area contributed by atoms with E-state index in [0.717, 1.165) is 25.1 Å². The second-order valence-corrected chi connectivity index (χ2v) is 6.54. The summed E-state index contributed by atoms with van der Waals surface area (Å²) < 4.78 is 7.19. The van der Waals surface area contributed by atoms with Gasteiger partial charge in [-0.1, -0.05) is 6.92 Å². The average Bonchev–Trinajstić information content (AvgIpc) is 3.27. The second kappa shape index (κ2) is 8.34. The van der Waals surface area contributed by atoms with E-state index >= 15 is 0 Å². The minimum absolute atomic E-state index is 0.0567. The van der Waals surface area contributed by atoms with Gasteiger partial charge >= 0.3 is 0 Å². The Morgan fingerprint density at radius 1 is 1.32 bits per heavy atom. The Balaban J connectivity index is 1.61. The number of imidazole rings is 1. The largest absolute Gasteiger partial charge is 0.493 e. The molecule has 25 heavy (non-hydrogen) atoms. The van der Waals surface area contributed by atoms with Crippen LogP contribution in [0.15, 0.2) is 18.3 Å². The molecule has 1 fully saturated rings. The number of methoxy groups -OCH3 is 1. The van der Waals surface area contributed by atoms with Crippen molar-refractivity contribution in [3.63, 3.8) is 0 Å². The fraction of sp³-hybridized carbons (Fsp3) is 0.579. The van der Waals surface area contributed by atoms with Crippen LogP contribution >= 0.6 is 0 Å². The topological polar surface area (TPSA) is 58.9 Å². The van der Waals surface area contributed by atoms with Gasteiger partial charge in [-0.15, -0.1) is 0 Å². The molecule has 2 aromatic rings. The van der Waals surface area contributed by atoms with Crippen molar-refractivity contribution >= 4 is 11.6 Å². The van der Waals surface area contributed by atoms with Crippen LogP contribution in [-0.4, -0.2) is 53.5 Å². The van der Waals surface area contributed by atoms with Crippen molar-refractivity contribution in [1.29, 1.82) is 0 Å². The number of unbranched alkanes of at least 4 members (excludes halogenated alkanes) is 1. The number of nitrogens with one attached hydrogen (secondary N) is 1. The van der Waals surface area contributed by atoms with E-state index in [0.29, 0.717) is 30.1 Å². The van der Waals surface area contributed by atoms with Crippen molar-refractivity contribution < 1.29 is 9.53 Å². The van der Waals surface area contributed by atoms with Crippen LogP contribution < -0.4 is 10.1 Å². The monoisotopic (exact) mass is 344 g/mol. The fourth-order valence-electron chi connectivity index (χ4n) is 3.49. The zero-order valence-electron chi connectivity index (χ0n) is 15.3. The number of rotatable bonds is 8. The Morgan fingerprint density at radius 2 is 2.12 bits per heavy atom. The molecule has 0 radical (unpaired) electrons. The molecule has 6 nitrogen and oxygen atoms in total. The zero-order chi connectivity index (χ0) is 17.6. The van der Waals surface area contributed by atoms with Gasteiger partial charge < -0.3 is 15.0 Å². The van der Waals surface area contributed by atoms with Crippen molar-refractivity contribution in [2.24, 2.45) is 0 Å². The number of likely N-dealkylation sites (tertiary alicyclic amines) is 1. The highest BCUT2D eigenvalue weighted by Crippen LogP contribution is 2.22. The molecule has 3 heterocycles. The molecule has 1 aliphatic rings. The van der Waals surface area contributed by atoms with Gasteiger partial charge in [0.05, 0.1) is 12.8 Å². The highest BCUT2D eigenvalue weighted by Gasteiger charge is 2.19. The zero-order valence-corrected chi connectivity index (χ0v) is 15.3. The molecule has 0 aliphatic carbocycles. The molecule has 1 saturated heterocycles. The van der Waals surface area contributed by atoms with Crippen molar-refractivity contribution in [3.05, 3.63) is 29.7 Å². The van der Waals surface area contributed by atoms with Gasteiger partial charge in [-0.25, -0.2) is 4.98 Å². The molecule has 136 valence electrons. The molecule has 0 unspecified atom stereocenters. The van der Waals surface area contributed by atoms with Gasteiger partial charge in [-0.05, 0) is 63.9 Å². The predicted octanol–water partition coefficient (Wildman–Crippen LogP) is 2.51. The van der Waals surface area contributed by atoms with Crippen LogP contribution in [0.5, 0.6) is 5.75 Å². The van der Waals surface area contributed by atoms with Crippen LogP contribution in [0.4, 0.5) is 0 Å². The summed E-state index contributed by atoms with van der Waals surface area (Å²) in [5.41, 5.74) is 2.12. The maximum atomic E-state index is 12.7. The third kappa shape index (κ3) is 3.95. The second-order valence-electron chi connectivity index (χ2n) is 6.54. The lowest BCUT2D eigenvalue weighted by Gasteiger charge is -2.14. The molecule has 0 bridgehead atoms. The highest BCUT2D eigenvalue weighted by atomic mass is 16.5. The van der Waals surface area contributed by atoms with E-state index in [2.05, 4.69) is 15.2 Å². The Morgan fingerprint density at radius 3 is 2.84 bits per heavy atom. The number of hydrogen-bond donors (Lipinski definition) is 1. The first-order chi connectivity index (χ1) is 12.2. The summed E-state index contributed by atoms with van der Waals surface area (Å²) in [6, 6.07) is 3.74. The summed E-state index contributed by atoms with van der Waals surface area (Å²) >= 11 is 0. The minimum Gasteiger partial charge on any atom is -0.493 e. The normalized spacial score (nSPS) is 15.0. The number of pyridine rings is 1. The average molecular weight is 344 g/mol. The van der Waals surface area contributed by atoms with E-state index in [-0.39, 0.29) is 5.91 Å². The van der Waals surface area contributed by atoms with Crippen molar-refractivity contribution in [2.45, 2.75) is 39.0 Å². The number of aryl methyl sites for hydroxylation is 1. The number of carbonyl (C=O) groups excluding carboxylic acids is 1. The molecule has 0 aromatic carbocycles. The fourth-order valence-corrected chi connectivity index (χ4v) is 3.49. The lowest BCUT2D eigenvalue weighted by molar-refractivity contribution is 0.0946.